The van der Waals surface area contributed by atoms with Crippen LogP contribution < -0.4 is 20.1 Å². The Bertz CT molecular complexity index is 677. The molecule has 3 rings (SSSR count). The molecule has 1 unspecified atom stereocenters. The zero-order valence-corrected chi connectivity index (χ0v) is 12.1. The van der Waals surface area contributed by atoms with Gasteiger partial charge in [0.2, 0.25) is 5.91 Å². The first-order valence-corrected chi connectivity index (χ1v) is 8.13. The van der Waals surface area contributed by atoms with Crippen molar-refractivity contribution in [3.8, 4) is 0 Å². The monoisotopic (exact) mass is 312 g/mol. The number of fused-ring (bicyclic) bond motifs is 1. The van der Waals surface area contributed by atoms with Crippen LogP contribution in [-0.2, 0) is 21.4 Å². The lowest BCUT2D eigenvalue weighted by molar-refractivity contribution is -0.115. The van der Waals surface area contributed by atoms with Gasteiger partial charge in [-0.1, -0.05) is 0 Å². The van der Waals surface area contributed by atoms with E-state index in [2.05, 4.69) is 24.9 Å². The molecule has 0 saturated carbocycles. The van der Waals surface area contributed by atoms with Crippen molar-refractivity contribution in [2.24, 2.45) is 11.1 Å². The molecular formula is C11H16N6O3S. The minimum Gasteiger partial charge on any atom is -0.356 e. The Kier molecular flexibility index (Phi) is 3.51. The number of anilines is 2. The fourth-order valence-electron chi connectivity index (χ4n) is 2.71. The number of hydrogen-bond acceptors (Lipinski definition) is 6. The predicted molar refractivity (Wildman–Crippen MR) is 75.8 cm³/mol. The lowest BCUT2D eigenvalue weighted by Gasteiger charge is -2.19. The second kappa shape index (κ2) is 5.20. The molecule has 3 heterocycles. The van der Waals surface area contributed by atoms with Crippen LogP contribution in [0.1, 0.15) is 12.0 Å². The summed E-state index contributed by atoms with van der Waals surface area (Å²) in [5, 5.41) is 7.62. The molecule has 1 atom stereocenters. The predicted octanol–water partition coefficient (Wildman–Crippen LogP) is -1.41. The minimum absolute atomic E-state index is 0.0848. The van der Waals surface area contributed by atoms with Crippen LogP contribution in [0.5, 0.6) is 0 Å². The molecule has 0 aliphatic carbocycles. The lowest BCUT2D eigenvalue weighted by atomic mass is 10.1. The van der Waals surface area contributed by atoms with Crippen molar-refractivity contribution >= 4 is 27.8 Å². The molecule has 1 aromatic heterocycles. The van der Waals surface area contributed by atoms with Gasteiger partial charge in [0.15, 0.2) is 0 Å². The number of carbonyl (C=O) groups excluding carboxylic acids is 1. The van der Waals surface area contributed by atoms with Gasteiger partial charge in [-0.05, 0) is 12.3 Å². The highest BCUT2D eigenvalue weighted by atomic mass is 32.2. The van der Waals surface area contributed by atoms with Crippen molar-refractivity contribution in [3.05, 3.63) is 11.9 Å². The summed E-state index contributed by atoms with van der Waals surface area (Å²) in [5.74, 6) is 1.39. The van der Waals surface area contributed by atoms with E-state index in [0.29, 0.717) is 18.9 Å². The molecule has 1 saturated heterocycles. The molecule has 1 amide bonds. The zero-order valence-electron chi connectivity index (χ0n) is 11.2. The third-order valence-electron chi connectivity index (χ3n) is 3.68. The average Bonchev–Trinajstić information content (AvgIpc) is 2.99. The topological polar surface area (TPSA) is 130 Å². The van der Waals surface area contributed by atoms with Crippen LogP contribution in [0.15, 0.2) is 6.33 Å². The third kappa shape index (κ3) is 3.12. The highest BCUT2D eigenvalue weighted by Gasteiger charge is 2.30. The van der Waals surface area contributed by atoms with E-state index in [-0.39, 0.29) is 18.2 Å². The molecule has 1 aromatic rings. The highest BCUT2D eigenvalue weighted by molar-refractivity contribution is 7.87. The van der Waals surface area contributed by atoms with Crippen LogP contribution in [0.4, 0.5) is 11.6 Å². The molecule has 114 valence electrons. The molecule has 4 N–H and O–H groups in total. The first-order valence-electron chi connectivity index (χ1n) is 6.58. The zero-order chi connectivity index (χ0) is 15.0. The van der Waals surface area contributed by atoms with Gasteiger partial charge in [-0.15, -0.1) is 0 Å². The Labute approximate surface area is 122 Å². The van der Waals surface area contributed by atoms with Gasteiger partial charge in [-0.2, -0.15) is 8.42 Å². The van der Waals surface area contributed by atoms with Gasteiger partial charge in [0.05, 0.1) is 6.42 Å². The lowest BCUT2D eigenvalue weighted by Crippen LogP contribution is -2.35. The fraction of sp³-hybridized carbons (Fsp3) is 0.545. The Morgan fingerprint density at radius 3 is 3.05 bits per heavy atom. The second-order valence-corrected chi connectivity index (χ2v) is 6.62. The van der Waals surface area contributed by atoms with E-state index in [9.17, 15) is 13.2 Å². The van der Waals surface area contributed by atoms with Crippen LogP contribution in [0, 0.1) is 5.92 Å². The van der Waals surface area contributed by atoms with E-state index in [1.165, 1.54) is 6.33 Å². The molecule has 0 bridgehead atoms. The first kappa shape index (κ1) is 14.2. The van der Waals surface area contributed by atoms with Crippen LogP contribution in [-0.4, -0.2) is 43.9 Å². The van der Waals surface area contributed by atoms with E-state index < -0.39 is 10.2 Å². The molecule has 0 spiro atoms. The van der Waals surface area contributed by atoms with Crippen LogP contribution in [0.25, 0.3) is 0 Å². The number of nitrogens with two attached hydrogens (primary N) is 1. The number of nitrogens with one attached hydrogen (secondary N) is 2. The molecule has 21 heavy (non-hydrogen) atoms. The van der Waals surface area contributed by atoms with Crippen LogP contribution in [0.2, 0.25) is 0 Å². The van der Waals surface area contributed by atoms with E-state index in [1.807, 2.05) is 0 Å². The number of aromatic nitrogens is 2. The Morgan fingerprint density at radius 1 is 1.48 bits per heavy atom. The number of rotatable bonds is 4. The number of carbonyl (C=O) groups is 1. The van der Waals surface area contributed by atoms with E-state index >= 15 is 0 Å². The minimum atomic E-state index is -3.66. The summed E-state index contributed by atoms with van der Waals surface area (Å²) in [6.45, 7) is 1.73. The molecule has 2 aliphatic rings. The first-order chi connectivity index (χ1) is 9.92. The van der Waals surface area contributed by atoms with Gasteiger partial charge >= 0.3 is 0 Å². The van der Waals surface area contributed by atoms with Gasteiger partial charge in [0.1, 0.15) is 18.0 Å². The quantitative estimate of drug-likeness (QED) is 0.626. The van der Waals surface area contributed by atoms with Gasteiger partial charge in [-0.3, -0.25) is 4.79 Å². The number of nitrogens with zero attached hydrogens (tertiary/aromatic N) is 3. The molecule has 2 aliphatic heterocycles. The summed E-state index contributed by atoms with van der Waals surface area (Å²) in [7, 11) is -3.66. The van der Waals surface area contributed by atoms with Crippen molar-refractivity contribution in [1.29, 1.82) is 0 Å². The van der Waals surface area contributed by atoms with E-state index in [4.69, 9.17) is 5.14 Å². The van der Waals surface area contributed by atoms with Crippen molar-refractivity contribution in [2.45, 2.75) is 12.8 Å². The van der Waals surface area contributed by atoms with Gasteiger partial charge in [-0.25, -0.2) is 19.8 Å². The van der Waals surface area contributed by atoms with Gasteiger partial charge in [0.25, 0.3) is 10.2 Å². The maximum Gasteiger partial charge on any atom is 0.274 e. The van der Waals surface area contributed by atoms with E-state index in [0.717, 1.165) is 24.3 Å². The summed E-state index contributed by atoms with van der Waals surface area (Å²) in [4.78, 5) is 21.8. The highest BCUT2D eigenvalue weighted by Crippen LogP contribution is 2.31. The smallest absolute Gasteiger partial charge is 0.274 e. The summed E-state index contributed by atoms with van der Waals surface area (Å²) in [6, 6.07) is 0. The summed E-state index contributed by atoms with van der Waals surface area (Å²) >= 11 is 0. The SMILES string of the molecule is NS(=O)(=O)NCC1CCN(c2ncnc3c2CC(=O)N3)C1. The van der Waals surface area contributed by atoms with Crippen molar-refractivity contribution in [2.75, 3.05) is 29.9 Å². The van der Waals surface area contributed by atoms with Crippen LogP contribution >= 0.6 is 0 Å². The molecule has 9 nitrogen and oxygen atoms in total. The van der Waals surface area contributed by atoms with Crippen molar-refractivity contribution in [1.82, 2.24) is 14.7 Å². The summed E-state index contributed by atoms with van der Waals surface area (Å²) < 4.78 is 24.2. The Hall–Kier alpha value is -1.78. The molecule has 0 radical (unpaired) electrons. The van der Waals surface area contributed by atoms with Gasteiger partial charge in [0, 0.05) is 25.2 Å². The molecule has 10 heteroatoms. The largest absolute Gasteiger partial charge is 0.356 e. The summed E-state index contributed by atoms with van der Waals surface area (Å²) in [5.41, 5.74) is 0.808. The molecular weight excluding hydrogens is 296 g/mol. The summed E-state index contributed by atoms with van der Waals surface area (Å²) in [6.07, 6.45) is 2.54. The maximum atomic E-state index is 11.5. The second-order valence-electron chi connectivity index (χ2n) is 5.24. The van der Waals surface area contributed by atoms with Crippen molar-refractivity contribution < 1.29 is 13.2 Å². The molecule has 0 aromatic carbocycles. The maximum absolute atomic E-state index is 11.5. The Balaban J connectivity index is 1.70. The van der Waals surface area contributed by atoms with Crippen LogP contribution in [0.3, 0.4) is 0 Å². The normalized spacial score (nSPS) is 21.5. The standard InChI is InChI=1S/C11H16N6O3S/c12-21(19,20)15-4-7-1-2-17(5-7)11-8-3-9(18)16-10(8)13-6-14-11/h6-7,15H,1-5H2,(H2,12,19,20)(H,13,14,16,18). The average molecular weight is 312 g/mol. The van der Waals surface area contributed by atoms with E-state index in [1.54, 1.807) is 0 Å². The third-order valence-corrected chi connectivity index (χ3v) is 4.25. The Morgan fingerprint density at radius 2 is 2.29 bits per heavy atom. The van der Waals surface area contributed by atoms with Crippen molar-refractivity contribution in [3.63, 3.8) is 0 Å². The fourth-order valence-corrected chi connectivity index (χ4v) is 3.18. The van der Waals surface area contributed by atoms with Gasteiger partial charge < -0.3 is 10.2 Å². The number of hydrogen-bond donors (Lipinski definition) is 3. The number of amides is 1. The molecule has 1 fully saturated rings.